The third-order valence-electron chi connectivity index (χ3n) is 3.83. The van der Waals surface area contributed by atoms with Crippen molar-refractivity contribution in [3.63, 3.8) is 0 Å². The maximum Gasteiger partial charge on any atom is 0.133 e. The SMILES string of the molecule is COc1ccc(CC2CCCC2CN)cc1Br. The van der Waals surface area contributed by atoms with Gasteiger partial charge in [0.2, 0.25) is 0 Å². The quantitative estimate of drug-likeness (QED) is 0.925. The first-order valence-electron chi connectivity index (χ1n) is 6.27. The molecule has 1 aromatic carbocycles. The van der Waals surface area contributed by atoms with Crippen LogP contribution in [0.5, 0.6) is 5.75 Å². The molecular weight excluding hydrogens is 278 g/mol. The Bertz CT molecular complexity index is 380. The average Bonchev–Trinajstić information content (AvgIpc) is 2.76. The maximum absolute atomic E-state index is 5.82. The number of nitrogens with two attached hydrogens (primary N) is 1. The lowest BCUT2D eigenvalue weighted by molar-refractivity contribution is 0.393. The molecule has 17 heavy (non-hydrogen) atoms. The average molecular weight is 298 g/mol. The zero-order valence-electron chi connectivity index (χ0n) is 10.3. The largest absolute Gasteiger partial charge is 0.496 e. The lowest BCUT2D eigenvalue weighted by atomic mass is 9.90. The molecule has 1 saturated carbocycles. The van der Waals surface area contributed by atoms with Crippen molar-refractivity contribution in [1.82, 2.24) is 0 Å². The first kappa shape index (κ1) is 12.9. The fraction of sp³-hybridized carbons (Fsp3) is 0.571. The topological polar surface area (TPSA) is 35.2 Å². The number of hydrogen-bond acceptors (Lipinski definition) is 2. The van der Waals surface area contributed by atoms with E-state index < -0.39 is 0 Å². The van der Waals surface area contributed by atoms with Gasteiger partial charge in [0.05, 0.1) is 11.6 Å². The Balaban J connectivity index is 2.05. The molecular formula is C14H20BrNO. The zero-order valence-corrected chi connectivity index (χ0v) is 11.9. The number of halogens is 1. The number of hydrogen-bond donors (Lipinski definition) is 1. The molecule has 2 nitrogen and oxygen atoms in total. The van der Waals surface area contributed by atoms with Gasteiger partial charge in [-0.15, -0.1) is 0 Å². The van der Waals surface area contributed by atoms with Gasteiger partial charge in [0.15, 0.2) is 0 Å². The summed E-state index contributed by atoms with van der Waals surface area (Å²) in [6.07, 6.45) is 5.11. The minimum Gasteiger partial charge on any atom is -0.496 e. The maximum atomic E-state index is 5.82. The predicted molar refractivity (Wildman–Crippen MR) is 74.3 cm³/mol. The second-order valence-corrected chi connectivity index (χ2v) is 5.71. The predicted octanol–water partition coefficient (Wildman–Crippen LogP) is 3.38. The molecule has 0 aliphatic heterocycles. The zero-order chi connectivity index (χ0) is 12.3. The van der Waals surface area contributed by atoms with Crippen LogP contribution >= 0.6 is 15.9 Å². The summed E-state index contributed by atoms with van der Waals surface area (Å²) in [7, 11) is 1.70. The Morgan fingerprint density at radius 3 is 2.76 bits per heavy atom. The molecule has 0 aromatic heterocycles. The van der Waals surface area contributed by atoms with Crippen molar-refractivity contribution < 1.29 is 4.74 Å². The van der Waals surface area contributed by atoms with Crippen LogP contribution < -0.4 is 10.5 Å². The van der Waals surface area contributed by atoms with E-state index in [1.807, 2.05) is 6.07 Å². The number of rotatable bonds is 4. The molecule has 1 aliphatic rings. The molecule has 1 aromatic rings. The molecule has 2 rings (SSSR count). The highest BCUT2D eigenvalue weighted by molar-refractivity contribution is 9.10. The van der Waals surface area contributed by atoms with E-state index in [9.17, 15) is 0 Å². The summed E-state index contributed by atoms with van der Waals surface area (Å²) in [6.45, 7) is 0.835. The Hall–Kier alpha value is -0.540. The standard InChI is InChI=1S/C14H20BrNO/c1-17-14-6-5-10(8-13(14)15)7-11-3-2-4-12(11)9-16/h5-6,8,11-12H,2-4,7,9,16H2,1H3. The van der Waals surface area contributed by atoms with Gasteiger partial charge in [-0.1, -0.05) is 12.5 Å². The number of methoxy groups -OCH3 is 1. The summed E-state index contributed by atoms with van der Waals surface area (Å²) in [5, 5.41) is 0. The first-order valence-corrected chi connectivity index (χ1v) is 7.06. The van der Waals surface area contributed by atoms with Crippen LogP contribution in [-0.4, -0.2) is 13.7 Å². The van der Waals surface area contributed by atoms with Crippen LogP contribution in [0.1, 0.15) is 24.8 Å². The third-order valence-corrected chi connectivity index (χ3v) is 4.45. The molecule has 0 saturated heterocycles. The molecule has 3 heteroatoms. The van der Waals surface area contributed by atoms with Gasteiger partial charge in [-0.2, -0.15) is 0 Å². The summed E-state index contributed by atoms with van der Waals surface area (Å²) in [4.78, 5) is 0. The van der Waals surface area contributed by atoms with Crippen molar-refractivity contribution in [3.8, 4) is 5.75 Å². The molecule has 0 bridgehead atoms. The van der Waals surface area contributed by atoms with Gasteiger partial charge < -0.3 is 10.5 Å². The fourth-order valence-electron chi connectivity index (χ4n) is 2.83. The van der Waals surface area contributed by atoms with E-state index in [1.54, 1.807) is 7.11 Å². The van der Waals surface area contributed by atoms with Crippen LogP contribution in [0.3, 0.4) is 0 Å². The van der Waals surface area contributed by atoms with E-state index in [4.69, 9.17) is 10.5 Å². The Labute approximate surface area is 112 Å². The normalized spacial score (nSPS) is 23.9. The summed E-state index contributed by atoms with van der Waals surface area (Å²) in [6, 6.07) is 6.37. The second-order valence-electron chi connectivity index (χ2n) is 4.86. The van der Waals surface area contributed by atoms with Gasteiger partial charge in [-0.3, -0.25) is 0 Å². The van der Waals surface area contributed by atoms with Gasteiger partial charge in [-0.05, 0) is 71.3 Å². The summed E-state index contributed by atoms with van der Waals surface area (Å²) in [5.41, 5.74) is 7.20. The van der Waals surface area contributed by atoms with Crippen molar-refractivity contribution in [2.24, 2.45) is 17.6 Å². The molecule has 1 fully saturated rings. The Morgan fingerprint density at radius 1 is 1.35 bits per heavy atom. The lowest BCUT2D eigenvalue weighted by Gasteiger charge is -2.18. The van der Waals surface area contributed by atoms with Crippen LogP contribution in [0.2, 0.25) is 0 Å². The number of benzene rings is 1. The van der Waals surface area contributed by atoms with Crippen LogP contribution in [-0.2, 0) is 6.42 Å². The summed E-state index contributed by atoms with van der Waals surface area (Å²) >= 11 is 3.54. The Kier molecular flexibility index (Phi) is 4.46. The van der Waals surface area contributed by atoms with Crippen molar-refractivity contribution >= 4 is 15.9 Å². The van der Waals surface area contributed by atoms with Gasteiger partial charge in [0.1, 0.15) is 5.75 Å². The molecule has 0 radical (unpaired) electrons. The van der Waals surface area contributed by atoms with Crippen LogP contribution in [0, 0.1) is 11.8 Å². The van der Waals surface area contributed by atoms with Crippen LogP contribution in [0.4, 0.5) is 0 Å². The first-order chi connectivity index (χ1) is 8.24. The minimum absolute atomic E-state index is 0.718. The molecule has 0 heterocycles. The van der Waals surface area contributed by atoms with Gasteiger partial charge in [0.25, 0.3) is 0 Å². The molecule has 2 unspecified atom stereocenters. The molecule has 2 N–H and O–H groups in total. The fourth-order valence-corrected chi connectivity index (χ4v) is 3.42. The van der Waals surface area contributed by atoms with Crippen molar-refractivity contribution in [3.05, 3.63) is 28.2 Å². The molecule has 94 valence electrons. The van der Waals surface area contributed by atoms with E-state index in [2.05, 4.69) is 28.1 Å². The highest BCUT2D eigenvalue weighted by atomic mass is 79.9. The third kappa shape index (κ3) is 3.02. The molecule has 0 amide bonds. The van der Waals surface area contributed by atoms with E-state index >= 15 is 0 Å². The highest BCUT2D eigenvalue weighted by Gasteiger charge is 2.26. The van der Waals surface area contributed by atoms with Crippen molar-refractivity contribution in [2.45, 2.75) is 25.7 Å². The van der Waals surface area contributed by atoms with Gasteiger partial charge in [0, 0.05) is 0 Å². The van der Waals surface area contributed by atoms with Crippen LogP contribution in [0.15, 0.2) is 22.7 Å². The van der Waals surface area contributed by atoms with Gasteiger partial charge in [-0.25, -0.2) is 0 Å². The van der Waals surface area contributed by atoms with Gasteiger partial charge >= 0.3 is 0 Å². The molecule has 1 aliphatic carbocycles. The van der Waals surface area contributed by atoms with E-state index in [-0.39, 0.29) is 0 Å². The molecule has 0 spiro atoms. The highest BCUT2D eigenvalue weighted by Crippen LogP contribution is 2.35. The van der Waals surface area contributed by atoms with E-state index in [0.717, 1.165) is 35.0 Å². The number of ether oxygens (including phenoxy) is 1. The van der Waals surface area contributed by atoms with Crippen molar-refractivity contribution in [1.29, 1.82) is 0 Å². The Morgan fingerprint density at radius 2 is 2.12 bits per heavy atom. The van der Waals surface area contributed by atoms with Crippen LogP contribution in [0.25, 0.3) is 0 Å². The lowest BCUT2D eigenvalue weighted by Crippen LogP contribution is -2.20. The minimum atomic E-state index is 0.718. The van der Waals surface area contributed by atoms with E-state index in [0.29, 0.717) is 0 Å². The summed E-state index contributed by atoms with van der Waals surface area (Å²) in [5.74, 6) is 2.38. The second kappa shape index (κ2) is 5.87. The summed E-state index contributed by atoms with van der Waals surface area (Å²) < 4.78 is 6.29. The van der Waals surface area contributed by atoms with E-state index in [1.165, 1.54) is 24.8 Å². The van der Waals surface area contributed by atoms with Crippen molar-refractivity contribution in [2.75, 3.05) is 13.7 Å². The molecule has 2 atom stereocenters. The smallest absolute Gasteiger partial charge is 0.133 e. The monoisotopic (exact) mass is 297 g/mol.